The first-order valence-corrected chi connectivity index (χ1v) is 11.6. The maximum absolute atomic E-state index is 13.3. The number of nitrogens with one attached hydrogen (secondary N) is 1. The number of thiophene rings is 1. The minimum Gasteiger partial charge on any atom is -0.360 e. The minimum atomic E-state index is -4.16. The van der Waals surface area contributed by atoms with Crippen molar-refractivity contribution in [2.24, 2.45) is 0 Å². The van der Waals surface area contributed by atoms with Crippen LogP contribution in [-0.2, 0) is 16.6 Å². The molecule has 31 heavy (non-hydrogen) atoms. The topological polar surface area (TPSA) is 83.6 Å². The molecule has 0 aliphatic carbocycles. The fraction of sp³-hybridized carbons (Fsp3) is 0.0909. The molecule has 1 aliphatic heterocycles. The third-order valence-electron chi connectivity index (χ3n) is 4.81. The van der Waals surface area contributed by atoms with E-state index in [-0.39, 0.29) is 17.2 Å². The van der Waals surface area contributed by atoms with Gasteiger partial charge in [-0.2, -0.15) is 0 Å². The average molecular weight is 457 g/mol. The number of halogens is 1. The molecule has 4 rings (SSSR count). The average Bonchev–Trinajstić information content (AvgIpc) is 3.22. The van der Waals surface area contributed by atoms with Crippen LogP contribution in [-0.4, -0.2) is 20.0 Å². The van der Waals surface area contributed by atoms with Gasteiger partial charge in [-0.05, 0) is 60.3 Å². The lowest BCUT2D eigenvalue weighted by Gasteiger charge is -2.29. The summed E-state index contributed by atoms with van der Waals surface area (Å²) >= 11 is 1.16. The van der Waals surface area contributed by atoms with Crippen molar-refractivity contribution in [1.82, 2.24) is 0 Å². The maximum atomic E-state index is 13.3. The van der Waals surface area contributed by atoms with E-state index in [1.165, 1.54) is 37.4 Å². The second kappa shape index (κ2) is 8.09. The van der Waals surface area contributed by atoms with Crippen molar-refractivity contribution in [3.8, 4) is 0 Å². The van der Waals surface area contributed by atoms with Crippen LogP contribution in [0.4, 0.5) is 15.8 Å². The van der Waals surface area contributed by atoms with Crippen LogP contribution in [0.15, 0.2) is 71.1 Å². The van der Waals surface area contributed by atoms with Gasteiger partial charge in [0.1, 0.15) is 10.7 Å². The van der Waals surface area contributed by atoms with Gasteiger partial charge in [0.2, 0.25) is 5.78 Å². The Hall–Kier alpha value is -3.30. The molecule has 2 heterocycles. The molecule has 158 valence electrons. The summed E-state index contributed by atoms with van der Waals surface area (Å²) < 4.78 is 41.0. The van der Waals surface area contributed by atoms with E-state index in [2.05, 4.69) is 5.32 Å². The van der Waals surface area contributed by atoms with Crippen LogP contribution in [0.5, 0.6) is 0 Å². The van der Waals surface area contributed by atoms with Crippen LogP contribution in [0.1, 0.15) is 32.5 Å². The number of carbonyl (C=O) groups is 2. The van der Waals surface area contributed by atoms with E-state index in [9.17, 15) is 22.4 Å². The van der Waals surface area contributed by atoms with E-state index >= 15 is 0 Å². The zero-order chi connectivity index (χ0) is 22.2. The molecule has 0 unspecified atom stereocenters. The Morgan fingerprint density at radius 1 is 1.10 bits per heavy atom. The number of anilines is 2. The molecule has 9 heteroatoms. The summed E-state index contributed by atoms with van der Waals surface area (Å²) in [5, 5.41) is 4.50. The van der Waals surface area contributed by atoms with Gasteiger partial charge in [0.25, 0.3) is 10.0 Å². The molecule has 1 N–H and O–H groups in total. The molecule has 0 amide bonds. The molecule has 6 nitrogen and oxygen atoms in total. The highest BCUT2D eigenvalue weighted by Crippen LogP contribution is 2.39. The first kappa shape index (κ1) is 21.0. The van der Waals surface area contributed by atoms with Crippen LogP contribution >= 0.6 is 11.3 Å². The Kier molecular flexibility index (Phi) is 5.47. The first-order chi connectivity index (χ1) is 14.8. The number of allylic oxidation sites excluding steroid dienone is 1. The molecule has 2 aromatic carbocycles. The Bertz CT molecular complexity index is 1290. The number of rotatable bonds is 5. The Balaban J connectivity index is 1.69. The molecule has 3 aromatic rings. The third-order valence-corrected chi connectivity index (χ3v) is 7.48. The molecular formula is C22H17FN2O4S2. The van der Waals surface area contributed by atoms with Crippen molar-refractivity contribution in [3.63, 3.8) is 0 Å². The fourth-order valence-corrected chi connectivity index (χ4v) is 5.65. The van der Waals surface area contributed by atoms with Crippen LogP contribution in [0.2, 0.25) is 0 Å². The standard InChI is InChI=1S/C22H17FN2O4S2/c1-14(26)16-4-8-18(9-5-16)24-12-20-21(27)22-19(10-11-30-22)25(31(20,28)29)13-15-2-6-17(23)7-3-15/h2-12,24H,13H2,1H3. The van der Waals surface area contributed by atoms with Crippen LogP contribution in [0.25, 0.3) is 0 Å². The monoisotopic (exact) mass is 456 g/mol. The Morgan fingerprint density at radius 3 is 2.42 bits per heavy atom. The smallest absolute Gasteiger partial charge is 0.270 e. The number of Topliss-reactive ketones (excluding diaryl/α,β-unsaturated/α-hetero) is 2. The molecular weight excluding hydrogens is 439 g/mol. The first-order valence-electron chi connectivity index (χ1n) is 9.24. The number of ketones is 2. The summed E-state index contributed by atoms with van der Waals surface area (Å²) in [6.45, 7) is 1.41. The number of sulfonamides is 1. The third kappa shape index (κ3) is 4.01. The number of hydrogen-bond donors (Lipinski definition) is 1. The van der Waals surface area contributed by atoms with E-state index in [1.54, 1.807) is 35.7 Å². The van der Waals surface area contributed by atoms with Crippen molar-refractivity contribution >= 4 is 44.3 Å². The molecule has 0 bridgehead atoms. The van der Waals surface area contributed by atoms with Gasteiger partial charge in [-0.25, -0.2) is 12.8 Å². The second-order valence-electron chi connectivity index (χ2n) is 6.89. The minimum absolute atomic E-state index is 0.0374. The summed E-state index contributed by atoms with van der Waals surface area (Å²) in [4.78, 5) is 24.2. The highest BCUT2D eigenvalue weighted by atomic mass is 32.2. The summed E-state index contributed by atoms with van der Waals surface area (Å²) in [5.74, 6) is -1.10. The number of benzene rings is 2. The molecule has 0 radical (unpaired) electrons. The number of carbonyl (C=O) groups excluding carboxylic acids is 2. The van der Waals surface area contributed by atoms with Gasteiger partial charge in [0.05, 0.1) is 12.2 Å². The number of hydrogen-bond acceptors (Lipinski definition) is 6. The van der Waals surface area contributed by atoms with Crippen molar-refractivity contribution in [3.05, 3.63) is 92.9 Å². The predicted octanol–water partition coefficient (Wildman–Crippen LogP) is 4.58. The van der Waals surface area contributed by atoms with Crippen molar-refractivity contribution in [2.75, 3.05) is 9.62 Å². The summed E-state index contributed by atoms with van der Waals surface area (Å²) in [5.41, 5.74) is 1.95. The van der Waals surface area contributed by atoms with Gasteiger partial charge >= 0.3 is 0 Å². The van der Waals surface area contributed by atoms with E-state index in [4.69, 9.17) is 0 Å². The summed E-state index contributed by atoms with van der Waals surface area (Å²) in [6.07, 6.45) is 1.17. The largest absolute Gasteiger partial charge is 0.360 e. The van der Waals surface area contributed by atoms with Crippen molar-refractivity contribution in [1.29, 1.82) is 0 Å². The van der Waals surface area contributed by atoms with Gasteiger partial charge < -0.3 is 5.32 Å². The van der Waals surface area contributed by atoms with Crippen LogP contribution in [0, 0.1) is 5.82 Å². The molecule has 0 atom stereocenters. The number of fused-ring (bicyclic) bond motifs is 1. The van der Waals surface area contributed by atoms with Gasteiger partial charge in [-0.3, -0.25) is 13.9 Å². The zero-order valence-corrected chi connectivity index (χ0v) is 18.0. The van der Waals surface area contributed by atoms with Gasteiger partial charge in [0.15, 0.2) is 10.7 Å². The second-order valence-corrected chi connectivity index (χ2v) is 9.64. The predicted molar refractivity (Wildman–Crippen MR) is 118 cm³/mol. The van der Waals surface area contributed by atoms with Gasteiger partial charge in [-0.15, -0.1) is 11.3 Å². The zero-order valence-electron chi connectivity index (χ0n) is 16.3. The highest BCUT2D eigenvalue weighted by molar-refractivity contribution is 7.97. The van der Waals surface area contributed by atoms with Crippen molar-refractivity contribution in [2.45, 2.75) is 13.5 Å². The molecule has 0 spiro atoms. The van der Waals surface area contributed by atoms with E-state index in [0.29, 0.717) is 27.4 Å². The van der Waals surface area contributed by atoms with Gasteiger partial charge in [0, 0.05) is 17.5 Å². The highest BCUT2D eigenvalue weighted by Gasteiger charge is 2.41. The molecule has 0 saturated heterocycles. The quantitative estimate of drug-likeness (QED) is 0.449. The van der Waals surface area contributed by atoms with E-state index < -0.39 is 21.6 Å². The van der Waals surface area contributed by atoms with Crippen LogP contribution < -0.4 is 9.62 Å². The lowest BCUT2D eigenvalue weighted by atomic mass is 10.1. The maximum Gasteiger partial charge on any atom is 0.270 e. The van der Waals surface area contributed by atoms with Crippen molar-refractivity contribution < 1.29 is 22.4 Å². The molecule has 0 saturated carbocycles. The number of nitrogens with zero attached hydrogens (tertiary/aromatic N) is 1. The lowest BCUT2D eigenvalue weighted by Crippen LogP contribution is -2.38. The lowest BCUT2D eigenvalue weighted by molar-refractivity contribution is 0.101. The van der Waals surface area contributed by atoms with E-state index in [0.717, 1.165) is 15.6 Å². The summed E-state index contributed by atoms with van der Waals surface area (Å²) in [6, 6.07) is 13.6. The SMILES string of the molecule is CC(=O)c1ccc(NC=C2C(=O)c3sccc3N(Cc3ccc(F)cc3)S2(=O)=O)cc1. The van der Waals surface area contributed by atoms with Gasteiger partial charge in [-0.1, -0.05) is 12.1 Å². The normalized spacial score (nSPS) is 16.3. The van der Waals surface area contributed by atoms with E-state index in [1.807, 2.05) is 0 Å². The van der Waals surface area contributed by atoms with Crippen LogP contribution in [0.3, 0.4) is 0 Å². The molecule has 0 fully saturated rings. The Labute approximate surface area is 182 Å². The molecule has 1 aliphatic rings. The Morgan fingerprint density at radius 2 is 1.77 bits per heavy atom. The summed E-state index contributed by atoms with van der Waals surface area (Å²) in [7, 11) is -4.16. The fourth-order valence-electron chi connectivity index (χ4n) is 3.16. The molecule has 1 aromatic heterocycles.